The number of unbranched alkanes of at least 4 members (excludes halogenated alkanes) is 2. The number of likely N-dealkylation sites (tertiary alicyclic amines) is 1. The smallest absolute Gasteiger partial charge is 0.220 e. The predicted molar refractivity (Wildman–Crippen MR) is 145 cm³/mol. The van der Waals surface area contributed by atoms with Crippen LogP contribution in [-0.4, -0.2) is 75.8 Å². The Morgan fingerprint density at radius 2 is 1.76 bits per heavy atom. The van der Waals surface area contributed by atoms with Crippen molar-refractivity contribution in [2.24, 2.45) is 0 Å². The normalized spacial score (nSPS) is 17.7. The minimum atomic E-state index is -0.0164. The van der Waals surface area contributed by atoms with E-state index in [0.29, 0.717) is 38.0 Å². The van der Waals surface area contributed by atoms with Gasteiger partial charge in [-0.05, 0) is 67.6 Å². The molecule has 1 saturated heterocycles. The first-order valence-corrected chi connectivity index (χ1v) is 13.6. The lowest BCUT2D eigenvalue weighted by molar-refractivity contribution is -0.122. The molecule has 1 fully saturated rings. The highest BCUT2D eigenvalue weighted by molar-refractivity contribution is 5.96. The standard InChI is InChI=1S/C30H40N2O6/c1-35-25-11-9-23(10-12-25)27(33)6-4-3-5-7-30(34)31-24(20-32-15-14-26(21-32)36-2)18-22-8-13-28-29(19-22)38-17-16-37-28/h8-13,19,24,26H,3-7,14-18,20-21H2,1-2H3,(H,31,34). The van der Waals surface area contributed by atoms with Gasteiger partial charge in [0.05, 0.1) is 13.2 Å². The Labute approximate surface area is 225 Å². The summed E-state index contributed by atoms with van der Waals surface area (Å²) in [5.41, 5.74) is 1.81. The SMILES string of the molecule is COc1ccc(C(=O)CCCCCC(=O)NC(Cc2ccc3c(c2)OCCO3)CN2CCC(OC)C2)cc1. The predicted octanol–water partition coefficient (Wildman–Crippen LogP) is 4.05. The highest BCUT2D eigenvalue weighted by Gasteiger charge is 2.25. The third kappa shape index (κ3) is 8.20. The van der Waals surface area contributed by atoms with Crippen LogP contribution in [0.4, 0.5) is 0 Å². The number of Topliss-reactive ketones (excluding diaryl/α,β-unsaturated/α-hetero) is 1. The minimum Gasteiger partial charge on any atom is -0.497 e. The number of ketones is 1. The Morgan fingerprint density at radius 3 is 2.50 bits per heavy atom. The molecular weight excluding hydrogens is 484 g/mol. The van der Waals surface area contributed by atoms with Gasteiger partial charge in [-0.2, -0.15) is 0 Å². The molecule has 2 aromatic rings. The fraction of sp³-hybridized carbons (Fsp3) is 0.533. The Bertz CT molecular complexity index is 1060. The van der Waals surface area contributed by atoms with Crippen LogP contribution in [0.25, 0.3) is 0 Å². The van der Waals surface area contributed by atoms with Crippen LogP contribution in [0.2, 0.25) is 0 Å². The van der Waals surface area contributed by atoms with E-state index in [4.69, 9.17) is 18.9 Å². The fourth-order valence-electron chi connectivity index (χ4n) is 5.10. The Morgan fingerprint density at radius 1 is 1.00 bits per heavy atom. The van der Waals surface area contributed by atoms with E-state index >= 15 is 0 Å². The van der Waals surface area contributed by atoms with Gasteiger partial charge in [-0.15, -0.1) is 0 Å². The van der Waals surface area contributed by atoms with Crippen LogP contribution in [0, 0.1) is 0 Å². The summed E-state index contributed by atoms with van der Waals surface area (Å²) in [4.78, 5) is 27.6. The largest absolute Gasteiger partial charge is 0.497 e. The third-order valence-electron chi connectivity index (χ3n) is 7.21. The van der Waals surface area contributed by atoms with Crippen LogP contribution in [0.1, 0.15) is 54.4 Å². The van der Waals surface area contributed by atoms with Crippen molar-refractivity contribution in [1.29, 1.82) is 0 Å². The number of nitrogens with one attached hydrogen (secondary N) is 1. The second kappa shape index (κ2) is 14.2. The first kappa shape index (κ1) is 27.9. The molecule has 2 atom stereocenters. The maximum atomic E-state index is 12.9. The molecule has 0 aromatic heterocycles. The summed E-state index contributed by atoms with van der Waals surface area (Å²) in [5, 5.41) is 3.27. The van der Waals surface area contributed by atoms with E-state index in [2.05, 4.69) is 16.3 Å². The number of amides is 1. The molecule has 2 aliphatic heterocycles. The van der Waals surface area contributed by atoms with E-state index in [9.17, 15) is 9.59 Å². The van der Waals surface area contributed by atoms with Gasteiger partial charge < -0.3 is 24.3 Å². The fourth-order valence-corrected chi connectivity index (χ4v) is 5.10. The van der Waals surface area contributed by atoms with Gasteiger partial charge in [0.15, 0.2) is 17.3 Å². The van der Waals surface area contributed by atoms with Gasteiger partial charge in [-0.3, -0.25) is 14.5 Å². The van der Waals surface area contributed by atoms with Crippen molar-refractivity contribution in [3.8, 4) is 17.2 Å². The maximum absolute atomic E-state index is 12.9. The maximum Gasteiger partial charge on any atom is 0.220 e. The second-order valence-electron chi connectivity index (χ2n) is 10.1. The van der Waals surface area contributed by atoms with E-state index in [1.165, 1.54) is 0 Å². The number of methoxy groups -OCH3 is 2. The van der Waals surface area contributed by atoms with Gasteiger partial charge in [0.2, 0.25) is 5.91 Å². The first-order valence-electron chi connectivity index (χ1n) is 13.6. The Hall–Kier alpha value is -3.10. The van der Waals surface area contributed by atoms with Crippen molar-refractivity contribution < 1.29 is 28.5 Å². The van der Waals surface area contributed by atoms with Crippen molar-refractivity contribution in [1.82, 2.24) is 10.2 Å². The van der Waals surface area contributed by atoms with E-state index < -0.39 is 0 Å². The number of carbonyl (C=O) groups is 2. The zero-order valence-corrected chi connectivity index (χ0v) is 22.6. The van der Waals surface area contributed by atoms with Gasteiger partial charge in [0, 0.05) is 51.2 Å². The summed E-state index contributed by atoms with van der Waals surface area (Å²) in [6.07, 6.45) is 5.28. The van der Waals surface area contributed by atoms with E-state index in [1.54, 1.807) is 38.5 Å². The first-order chi connectivity index (χ1) is 18.5. The number of carbonyl (C=O) groups excluding carboxylic acids is 2. The van der Waals surface area contributed by atoms with E-state index in [0.717, 1.165) is 68.1 Å². The average molecular weight is 525 g/mol. The lowest BCUT2D eigenvalue weighted by Crippen LogP contribution is -2.44. The molecule has 0 aliphatic carbocycles. The number of hydrogen-bond acceptors (Lipinski definition) is 7. The molecule has 38 heavy (non-hydrogen) atoms. The Balaban J connectivity index is 1.24. The number of hydrogen-bond donors (Lipinski definition) is 1. The zero-order valence-electron chi connectivity index (χ0n) is 22.6. The van der Waals surface area contributed by atoms with Crippen molar-refractivity contribution in [2.75, 3.05) is 47.1 Å². The molecule has 4 rings (SSSR count). The number of nitrogens with zero attached hydrogens (tertiary/aromatic N) is 1. The molecule has 0 spiro atoms. The van der Waals surface area contributed by atoms with Gasteiger partial charge >= 0.3 is 0 Å². The molecule has 0 saturated carbocycles. The molecule has 0 bridgehead atoms. The molecule has 0 radical (unpaired) electrons. The number of benzene rings is 2. The second-order valence-corrected chi connectivity index (χ2v) is 10.1. The molecule has 2 aliphatic rings. The molecule has 8 nitrogen and oxygen atoms in total. The summed E-state index contributed by atoms with van der Waals surface area (Å²) < 4.78 is 22.1. The summed E-state index contributed by atoms with van der Waals surface area (Å²) in [7, 11) is 3.36. The topological polar surface area (TPSA) is 86.3 Å². The van der Waals surface area contributed by atoms with Crippen LogP contribution in [0.3, 0.4) is 0 Å². The minimum absolute atomic E-state index is 0.0164. The average Bonchev–Trinajstić information content (AvgIpc) is 3.40. The van der Waals surface area contributed by atoms with Gasteiger partial charge in [0.1, 0.15) is 19.0 Å². The zero-order chi connectivity index (χ0) is 26.7. The molecule has 206 valence electrons. The summed E-state index contributed by atoms with van der Waals surface area (Å²) in [6, 6.07) is 13.2. The quantitative estimate of drug-likeness (QED) is 0.295. The summed E-state index contributed by atoms with van der Waals surface area (Å²) in [5.74, 6) is 2.45. The summed E-state index contributed by atoms with van der Waals surface area (Å²) >= 11 is 0. The van der Waals surface area contributed by atoms with E-state index in [-0.39, 0.29) is 23.8 Å². The number of fused-ring (bicyclic) bond motifs is 1. The Kier molecular flexibility index (Phi) is 10.4. The number of rotatable bonds is 14. The van der Waals surface area contributed by atoms with Crippen molar-refractivity contribution >= 4 is 11.7 Å². The monoisotopic (exact) mass is 524 g/mol. The van der Waals surface area contributed by atoms with Crippen LogP contribution >= 0.6 is 0 Å². The molecule has 1 N–H and O–H groups in total. The molecule has 2 aromatic carbocycles. The van der Waals surface area contributed by atoms with Crippen LogP contribution in [-0.2, 0) is 16.0 Å². The van der Waals surface area contributed by atoms with Crippen LogP contribution in [0.15, 0.2) is 42.5 Å². The molecule has 2 unspecified atom stereocenters. The van der Waals surface area contributed by atoms with Gasteiger partial charge in [0.25, 0.3) is 0 Å². The molecule has 1 amide bonds. The molecule has 2 heterocycles. The van der Waals surface area contributed by atoms with Crippen LogP contribution in [0.5, 0.6) is 17.2 Å². The number of ether oxygens (including phenoxy) is 4. The highest BCUT2D eigenvalue weighted by Crippen LogP contribution is 2.31. The van der Waals surface area contributed by atoms with Crippen molar-refractivity contribution in [3.63, 3.8) is 0 Å². The van der Waals surface area contributed by atoms with Gasteiger partial charge in [-0.25, -0.2) is 0 Å². The molecular formula is C30H40N2O6. The van der Waals surface area contributed by atoms with Crippen molar-refractivity contribution in [3.05, 3.63) is 53.6 Å². The lowest BCUT2D eigenvalue weighted by atomic mass is 10.0. The highest BCUT2D eigenvalue weighted by atomic mass is 16.6. The van der Waals surface area contributed by atoms with Crippen molar-refractivity contribution in [2.45, 2.75) is 57.1 Å². The summed E-state index contributed by atoms with van der Waals surface area (Å²) in [6.45, 7) is 3.74. The van der Waals surface area contributed by atoms with Gasteiger partial charge in [-0.1, -0.05) is 12.5 Å². The molecule has 8 heteroatoms. The van der Waals surface area contributed by atoms with E-state index in [1.807, 2.05) is 12.1 Å². The lowest BCUT2D eigenvalue weighted by Gasteiger charge is -2.26. The third-order valence-corrected chi connectivity index (χ3v) is 7.21. The van der Waals surface area contributed by atoms with Crippen LogP contribution < -0.4 is 19.5 Å².